The van der Waals surface area contributed by atoms with E-state index in [4.69, 9.17) is 4.74 Å². The molecule has 5 rings (SSSR count). The highest BCUT2D eigenvalue weighted by atomic mass is 32.2. The number of halogens is 10. The standard InChI is InChI=1S/C38H32F10N6O3S/c1-24-7-16-32(56-21-36(40,41)42)31(19-24)53(18-17-25-5-3-2-4-6-25)35(58-22-37(43,44)45)51-34(55)49-20-30(39)26-8-10-27(11-9-26)33-50-23-54(52-33)28-12-14-29(15-13-28)57-38(46,47)48/h2-16,19,23,30H,17-18,20-22H2,1H3,(H,49,55). The van der Waals surface area contributed by atoms with Crippen molar-refractivity contribution in [3.8, 4) is 28.6 Å². The van der Waals surface area contributed by atoms with E-state index >= 15 is 4.39 Å². The van der Waals surface area contributed by atoms with Crippen molar-refractivity contribution >= 4 is 28.6 Å². The number of ether oxygens (including phenoxy) is 2. The average molecular weight is 843 g/mol. The summed E-state index contributed by atoms with van der Waals surface area (Å²) in [5, 5.41) is 6.01. The number of hydrogen-bond acceptors (Lipinski definition) is 6. The van der Waals surface area contributed by atoms with Gasteiger partial charge >= 0.3 is 24.7 Å². The van der Waals surface area contributed by atoms with Crippen LogP contribution in [-0.4, -0.2) is 70.1 Å². The zero-order valence-corrected chi connectivity index (χ0v) is 30.9. The number of amidine groups is 1. The van der Waals surface area contributed by atoms with Gasteiger partial charge in [-0.2, -0.15) is 31.3 Å². The second-order valence-corrected chi connectivity index (χ2v) is 13.3. The molecular formula is C38H32F10N6O3S. The van der Waals surface area contributed by atoms with Crippen LogP contribution in [0.3, 0.4) is 0 Å². The summed E-state index contributed by atoms with van der Waals surface area (Å²) >= 11 is 0.124. The van der Waals surface area contributed by atoms with Gasteiger partial charge in [0, 0.05) is 12.1 Å². The Kier molecular flexibility index (Phi) is 13.9. The van der Waals surface area contributed by atoms with E-state index in [1.807, 2.05) is 0 Å². The summed E-state index contributed by atoms with van der Waals surface area (Å²) in [7, 11) is 0. The van der Waals surface area contributed by atoms with Crippen molar-refractivity contribution in [1.29, 1.82) is 0 Å². The highest BCUT2D eigenvalue weighted by Gasteiger charge is 2.33. The number of rotatable bonds is 13. The summed E-state index contributed by atoms with van der Waals surface area (Å²) in [6.45, 7) is -0.882. The molecule has 0 aliphatic carbocycles. The monoisotopic (exact) mass is 842 g/mol. The van der Waals surface area contributed by atoms with E-state index in [1.165, 1.54) is 70.5 Å². The number of nitrogens with one attached hydrogen (secondary N) is 1. The van der Waals surface area contributed by atoms with Gasteiger partial charge in [0.05, 0.1) is 23.7 Å². The number of aliphatic imine (C=N–C) groups is 1. The molecule has 0 bridgehead atoms. The molecule has 0 radical (unpaired) electrons. The average Bonchev–Trinajstić information content (AvgIpc) is 3.66. The van der Waals surface area contributed by atoms with E-state index in [0.29, 0.717) is 16.8 Å². The Morgan fingerprint density at radius 1 is 0.897 bits per heavy atom. The lowest BCUT2D eigenvalue weighted by Gasteiger charge is -2.28. The van der Waals surface area contributed by atoms with Gasteiger partial charge in [-0.25, -0.2) is 18.9 Å². The number of anilines is 1. The van der Waals surface area contributed by atoms with E-state index in [1.54, 1.807) is 37.3 Å². The molecule has 1 heterocycles. The number of alkyl halides is 10. The third-order valence-electron chi connectivity index (χ3n) is 7.85. The first-order valence-electron chi connectivity index (χ1n) is 17.0. The van der Waals surface area contributed by atoms with Gasteiger partial charge in [-0.05, 0) is 66.4 Å². The van der Waals surface area contributed by atoms with Crippen LogP contribution < -0.4 is 19.7 Å². The Balaban J connectivity index is 1.32. The second kappa shape index (κ2) is 18.6. The predicted octanol–water partition coefficient (Wildman–Crippen LogP) is 10.2. The van der Waals surface area contributed by atoms with Gasteiger partial charge in [-0.1, -0.05) is 72.4 Å². The molecule has 1 N–H and O–H groups in total. The Morgan fingerprint density at radius 3 is 2.22 bits per heavy atom. The molecule has 0 aliphatic heterocycles. The van der Waals surface area contributed by atoms with Crippen molar-refractivity contribution in [2.45, 2.75) is 38.2 Å². The first kappa shape index (κ1) is 43.3. The number of aromatic nitrogens is 3. The number of thioether (sulfide) groups is 1. The van der Waals surface area contributed by atoms with Crippen LogP contribution in [0.1, 0.15) is 22.9 Å². The molecule has 0 aliphatic rings. The lowest BCUT2D eigenvalue weighted by Crippen LogP contribution is -2.35. The zero-order chi connectivity index (χ0) is 42.1. The van der Waals surface area contributed by atoms with Crippen molar-refractivity contribution in [2.75, 3.05) is 30.3 Å². The van der Waals surface area contributed by atoms with E-state index < -0.39 is 60.7 Å². The first-order chi connectivity index (χ1) is 27.3. The molecule has 4 aromatic carbocycles. The number of nitrogens with zero attached hydrogens (tertiary/aromatic N) is 5. The quantitative estimate of drug-likeness (QED) is 0.0717. The number of benzene rings is 4. The zero-order valence-electron chi connectivity index (χ0n) is 30.1. The number of carbonyl (C=O) groups is 1. The van der Waals surface area contributed by atoms with Crippen LogP contribution in [0, 0.1) is 6.92 Å². The van der Waals surface area contributed by atoms with Gasteiger partial charge < -0.3 is 19.7 Å². The molecular weight excluding hydrogens is 811 g/mol. The van der Waals surface area contributed by atoms with E-state index in [2.05, 4.69) is 25.1 Å². The maximum Gasteiger partial charge on any atom is 0.573 e. The largest absolute Gasteiger partial charge is 0.573 e. The molecule has 2 amide bonds. The Morgan fingerprint density at radius 2 is 1.59 bits per heavy atom. The molecule has 0 spiro atoms. The van der Waals surface area contributed by atoms with Crippen LogP contribution in [0.25, 0.3) is 17.1 Å². The van der Waals surface area contributed by atoms with Crippen molar-refractivity contribution in [3.63, 3.8) is 0 Å². The molecule has 1 unspecified atom stereocenters. The Hall–Kier alpha value is -5.79. The lowest BCUT2D eigenvalue weighted by atomic mass is 10.1. The maximum absolute atomic E-state index is 15.4. The van der Waals surface area contributed by atoms with Gasteiger partial charge in [0.25, 0.3) is 0 Å². The Bertz CT molecular complexity index is 2140. The highest BCUT2D eigenvalue weighted by Crippen LogP contribution is 2.35. The minimum absolute atomic E-state index is 0.0716. The topological polar surface area (TPSA) is 93.9 Å². The van der Waals surface area contributed by atoms with Crippen molar-refractivity contribution in [1.82, 2.24) is 20.1 Å². The summed E-state index contributed by atoms with van der Waals surface area (Å²) in [5.41, 5.74) is 2.09. The SMILES string of the molecule is Cc1ccc(OCC(F)(F)F)c(N(CCc2ccccc2)C(=NC(=O)NCC(F)c2ccc(-c3ncn(-c4ccc(OC(F)(F)F)cc4)n3)cc2)SCC(F)(F)F)c1. The number of amides is 2. The van der Waals surface area contributed by atoms with Crippen LogP contribution >= 0.6 is 11.8 Å². The third-order valence-corrected chi connectivity index (χ3v) is 8.89. The Labute approximate surface area is 328 Å². The molecule has 20 heteroatoms. The van der Waals surface area contributed by atoms with Crippen molar-refractivity contribution in [3.05, 3.63) is 120 Å². The van der Waals surface area contributed by atoms with Crippen LogP contribution in [-0.2, 0) is 6.42 Å². The molecule has 308 valence electrons. The second-order valence-electron chi connectivity index (χ2n) is 12.4. The molecule has 1 aromatic heterocycles. The van der Waals surface area contributed by atoms with Gasteiger partial charge in [-0.3, -0.25) is 0 Å². The molecule has 9 nitrogen and oxygen atoms in total. The molecule has 5 aromatic rings. The van der Waals surface area contributed by atoms with E-state index in [0.717, 1.165) is 17.7 Å². The first-order valence-corrected chi connectivity index (χ1v) is 18.0. The van der Waals surface area contributed by atoms with Gasteiger partial charge in [0.1, 0.15) is 24.0 Å². The van der Waals surface area contributed by atoms with Gasteiger partial charge in [-0.15, -0.1) is 18.3 Å². The molecule has 0 fully saturated rings. The van der Waals surface area contributed by atoms with Crippen LogP contribution in [0.2, 0.25) is 0 Å². The molecule has 1 atom stereocenters. The minimum Gasteiger partial charge on any atom is -0.482 e. The molecule has 0 saturated heterocycles. The number of aryl methyl sites for hydroxylation is 1. The third kappa shape index (κ3) is 13.4. The van der Waals surface area contributed by atoms with E-state index in [9.17, 15) is 44.3 Å². The van der Waals surface area contributed by atoms with Gasteiger partial charge in [0.2, 0.25) is 0 Å². The lowest BCUT2D eigenvalue weighted by molar-refractivity contribution is -0.274. The highest BCUT2D eigenvalue weighted by molar-refractivity contribution is 8.14. The summed E-state index contributed by atoms with van der Waals surface area (Å²) in [6.07, 6.45) is -14.7. The fourth-order valence-corrected chi connectivity index (χ4v) is 6.01. The normalized spacial score (nSPS) is 12.9. The fourth-order valence-electron chi connectivity index (χ4n) is 5.22. The number of hydrogen-bond donors (Lipinski definition) is 1. The van der Waals surface area contributed by atoms with Crippen LogP contribution in [0.4, 0.5) is 54.4 Å². The summed E-state index contributed by atoms with van der Waals surface area (Å²) in [4.78, 5) is 22.3. The summed E-state index contributed by atoms with van der Waals surface area (Å²) < 4.78 is 143. The minimum atomic E-state index is -4.85. The summed E-state index contributed by atoms with van der Waals surface area (Å²) in [6, 6.07) is 22.2. The van der Waals surface area contributed by atoms with E-state index in [-0.39, 0.29) is 47.6 Å². The molecule has 58 heavy (non-hydrogen) atoms. The molecule has 0 saturated carbocycles. The summed E-state index contributed by atoms with van der Waals surface area (Å²) in [5.74, 6) is -2.06. The van der Waals surface area contributed by atoms with Gasteiger partial charge in [0.15, 0.2) is 17.6 Å². The maximum atomic E-state index is 15.4. The van der Waals surface area contributed by atoms with Crippen molar-refractivity contribution < 1.29 is 58.2 Å². The smallest absolute Gasteiger partial charge is 0.482 e. The fraction of sp³-hybridized carbons (Fsp3) is 0.263. The van der Waals surface area contributed by atoms with Crippen molar-refractivity contribution in [2.24, 2.45) is 4.99 Å². The predicted molar refractivity (Wildman–Crippen MR) is 197 cm³/mol. The number of carbonyl (C=O) groups excluding carboxylic acids is 1. The van der Waals surface area contributed by atoms with Crippen LogP contribution in [0.5, 0.6) is 11.5 Å². The number of urea groups is 1. The van der Waals surface area contributed by atoms with Crippen LogP contribution in [0.15, 0.2) is 108 Å².